The van der Waals surface area contributed by atoms with E-state index in [2.05, 4.69) is 0 Å². The Bertz CT molecular complexity index is 910. The minimum atomic E-state index is -0.416. The Morgan fingerprint density at radius 1 is 1.04 bits per heavy atom. The first-order valence-corrected chi connectivity index (χ1v) is 9.58. The van der Waals surface area contributed by atoms with Crippen LogP contribution in [0.5, 0.6) is 5.75 Å². The van der Waals surface area contributed by atoms with Crippen LogP contribution in [-0.2, 0) is 9.59 Å². The molecular formula is C19H15Cl2NO3S. The lowest BCUT2D eigenvalue weighted by molar-refractivity contribution is -0.119. The summed E-state index contributed by atoms with van der Waals surface area (Å²) in [5.74, 6) is 0.521. The molecule has 0 radical (unpaired) electrons. The summed E-state index contributed by atoms with van der Waals surface area (Å²) in [5, 5.41) is 0.458. The van der Waals surface area contributed by atoms with Gasteiger partial charge in [-0.05, 0) is 35.6 Å². The molecule has 2 amide bonds. The smallest absolute Gasteiger partial charge is 0.272 e. The predicted octanol–water partition coefficient (Wildman–Crippen LogP) is 5.04. The van der Waals surface area contributed by atoms with Crippen LogP contribution in [0, 0.1) is 0 Å². The highest BCUT2D eigenvalue weighted by molar-refractivity contribution is 8.04. The number of hydrogen-bond donors (Lipinski definition) is 0. The third-order valence-corrected chi connectivity index (χ3v) is 5.65. The van der Waals surface area contributed by atoms with Gasteiger partial charge in [-0.25, -0.2) is 4.90 Å². The number of thioether (sulfide) groups is 1. The molecular weight excluding hydrogens is 393 g/mol. The van der Waals surface area contributed by atoms with Gasteiger partial charge in [0.1, 0.15) is 5.75 Å². The fourth-order valence-corrected chi connectivity index (χ4v) is 3.92. The molecule has 0 bridgehead atoms. The van der Waals surface area contributed by atoms with Crippen molar-refractivity contribution in [2.45, 2.75) is 6.92 Å². The van der Waals surface area contributed by atoms with Crippen LogP contribution in [-0.4, -0.2) is 24.7 Å². The summed E-state index contributed by atoms with van der Waals surface area (Å²) in [6.45, 7) is 1.93. The zero-order chi connectivity index (χ0) is 18.8. The molecule has 0 atom stereocenters. The summed E-state index contributed by atoms with van der Waals surface area (Å²) < 4.78 is 5.16. The van der Waals surface area contributed by atoms with Gasteiger partial charge in [-0.1, -0.05) is 48.3 Å². The Morgan fingerprint density at radius 3 is 2.35 bits per heavy atom. The number of halogens is 2. The summed E-state index contributed by atoms with van der Waals surface area (Å²) in [7, 11) is 1.57. The number of ether oxygens (including phenoxy) is 1. The molecule has 0 aromatic heterocycles. The third-order valence-electron chi connectivity index (χ3n) is 3.88. The summed E-state index contributed by atoms with van der Waals surface area (Å²) in [6.07, 6.45) is 0. The van der Waals surface area contributed by atoms with E-state index >= 15 is 0 Å². The Kier molecular flexibility index (Phi) is 5.61. The van der Waals surface area contributed by atoms with Gasteiger partial charge in [-0.15, -0.1) is 11.8 Å². The van der Waals surface area contributed by atoms with E-state index in [0.717, 1.165) is 4.90 Å². The molecule has 0 spiro atoms. The minimum Gasteiger partial charge on any atom is -0.497 e. The number of nitrogens with zero attached hydrogens (tertiary/aromatic N) is 1. The van der Waals surface area contributed by atoms with Gasteiger partial charge in [0, 0.05) is 0 Å². The molecule has 0 aliphatic carbocycles. The molecule has 0 saturated heterocycles. The van der Waals surface area contributed by atoms with Crippen molar-refractivity contribution in [2.75, 3.05) is 17.8 Å². The number of methoxy groups -OCH3 is 1. The lowest BCUT2D eigenvalue weighted by Crippen LogP contribution is -2.31. The highest BCUT2D eigenvalue weighted by atomic mass is 35.5. The maximum Gasteiger partial charge on any atom is 0.272 e. The van der Waals surface area contributed by atoms with Crippen LogP contribution in [0.25, 0.3) is 5.57 Å². The molecule has 7 heteroatoms. The number of hydrogen-bond acceptors (Lipinski definition) is 4. The Morgan fingerprint density at radius 2 is 1.73 bits per heavy atom. The normalized spacial score (nSPS) is 14.4. The van der Waals surface area contributed by atoms with Crippen molar-refractivity contribution in [3.8, 4) is 5.75 Å². The van der Waals surface area contributed by atoms with Crippen LogP contribution in [0.2, 0.25) is 10.0 Å². The van der Waals surface area contributed by atoms with Crippen molar-refractivity contribution < 1.29 is 14.3 Å². The van der Waals surface area contributed by atoms with E-state index in [-0.39, 0.29) is 15.7 Å². The zero-order valence-corrected chi connectivity index (χ0v) is 16.4. The summed E-state index contributed by atoms with van der Waals surface area (Å²) in [6, 6.07) is 11.9. The molecule has 2 aromatic carbocycles. The quantitative estimate of drug-likeness (QED) is 0.651. The Balaban J connectivity index is 2.10. The zero-order valence-electron chi connectivity index (χ0n) is 14.1. The number of imide groups is 1. The number of carbonyl (C=O) groups excluding carboxylic acids is 2. The second-order valence-electron chi connectivity index (χ2n) is 5.38. The monoisotopic (exact) mass is 407 g/mol. The fourth-order valence-electron chi connectivity index (χ4n) is 2.68. The van der Waals surface area contributed by atoms with Gasteiger partial charge in [0.05, 0.1) is 33.3 Å². The van der Waals surface area contributed by atoms with Gasteiger partial charge in [-0.3, -0.25) is 9.59 Å². The lowest BCUT2D eigenvalue weighted by Gasteiger charge is -2.17. The molecule has 1 heterocycles. The number of benzene rings is 2. The summed E-state index contributed by atoms with van der Waals surface area (Å²) in [4.78, 5) is 27.6. The topological polar surface area (TPSA) is 46.6 Å². The SMILES string of the molecule is CCSC1=C(c2ccc(OC)cc2)C(=O)N(c2cccc(Cl)c2Cl)C1=O. The lowest BCUT2D eigenvalue weighted by atomic mass is 10.1. The van der Waals surface area contributed by atoms with E-state index in [1.165, 1.54) is 11.8 Å². The molecule has 1 aliphatic heterocycles. The van der Waals surface area contributed by atoms with Crippen molar-refractivity contribution in [3.05, 3.63) is 63.0 Å². The van der Waals surface area contributed by atoms with Crippen LogP contribution in [0.1, 0.15) is 12.5 Å². The van der Waals surface area contributed by atoms with Gasteiger partial charge < -0.3 is 4.74 Å². The van der Waals surface area contributed by atoms with Crippen molar-refractivity contribution in [1.29, 1.82) is 0 Å². The molecule has 2 aromatic rings. The van der Waals surface area contributed by atoms with E-state index in [0.29, 0.717) is 27.5 Å². The third kappa shape index (κ3) is 3.22. The Labute approximate surface area is 165 Å². The van der Waals surface area contributed by atoms with E-state index in [4.69, 9.17) is 27.9 Å². The predicted molar refractivity (Wildman–Crippen MR) is 107 cm³/mol. The highest BCUT2D eigenvalue weighted by Gasteiger charge is 2.40. The largest absolute Gasteiger partial charge is 0.497 e. The van der Waals surface area contributed by atoms with E-state index in [1.54, 1.807) is 49.6 Å². The first-order chi connectivity index (χ1) is 12.5. The first-order valence-electron chi connectivity index (χ1n) is 7.83. The second kappa shape index (κ2) is 7.74. The highest BCUT2D eigenvalue weighted by Crippen LogP contribution is 2.42. The minimum absolute atomic E-state index is 0.174. The number of rotatable bonds is 5. The van der Waals surface area contributed by atoms with Crippen LogP contribution in [0.4, 0.5) is 5.69 Å². The van der Waals surface area contributed by atoms with Crippen molar-refractivity contribution in [3.63, 3.8) is 0 Å². The number of carbonyl (C=O) groups is 2. The molecule has 4 nitrogen and oxygen atoms in total. The maximum absolute atomic E-state index is 13.1. The summed E-state index contributed by atoms with van der Waals surface area (Å²) >= 11 is 13.6. The molecule has 0 unspecified atom stereocenters. The molecule has 0 saturated carbocycles. The van der Waals surface area contributed by atoms with Gasteiger partial charge in [0.25, 0.3) is 11.8 Å². The van der Waals surface area contributed by atoms with Gasteiger partial charge in [0.2, 0.25) is 0 Å². The second-order valence-corrected chi connectivity index (χ2v) is 7.44. The average molecular weight is 408 g/mol. The van der Waals surface area contributed by atoms with Gasteiger partial charge in [-0.2, -0.15) is 0 Å². The van der Waals surface area contributed by atoms with Crippen LogP contribution in [0.3, 0.4) is 0 Å². The average Bonchev–Trinajstić information content (AvgIpc) is 2.88. The first kappa shape index (κ1) is 18.8. The molecule has 26 heavy (non-hydrogen) atoms. The van der Waals surface area contributed by atoms with Crippen LogP contribution in [0.15, 0.2) is 47.4 Å². The number of anilines is 1. The van der Waals surface area contributed by atoms with Crippen LogP contribution < -0.4 is 9.64 Å². The van der Waals surface area contributed by atoms with Crippen molar-refractivity contribution >= 4 is 58.0 Å². The van der Waals surface area contributed by atoms with Gasteiger partial charge >= 0.3 is 0 Å². The molecule has 1 aliphatic rings. The fraction of sp³-hybridized carbons (Fsp3) is 0.158. The van der Waals surface area contributed by atoms with Crippen molar-refractivity contribution in [2.24, 2.45) is 0 Å². The molecule has 0 N–H and O–H groups in total. The van der Waals surface area contributed by atoms with Crippen LogP contribution >= 0.6 is 35.0 Å². The van der Waals surface area contributed by atoms with E-state index in [9.17, 15) is 9.59 Å². The molecule has 3 rings (SSSR count). The van der Waals surface area contributed by atoms with Crippen molar-refractivity contribution in [1.82, 2.24) is 0 Å². The number of amides is 2. The summed E-state index contributed by atoms with van der Waals surface area (Å²) in [5.41, 5.74) is 1.30. The molecule has 0 fully saturated rings. The maximum atomic E-state index is 13.1. The molecule has 134 valence electrons. The standard InChI is InChI=1S/C19H15Cl2NO3S/c1-3-26-17-15(11-7-9-12(25-2)10-8-11)18(23)22(19(17)24)14-6-4-5-13(20)16(14)21/h4-10H,3H2,1-2H3. The van der Waals surface area contributed by atoms with E-state index in [1.807, 2.05) is 6.92 Å². The van der Waals surface area contributed by atoms with Gasteiger partial charge in [0.15, 0.2) is 0 Å². The Hall–Kier alpha value is -1.95. The van der Waals surface area contributed by atoms with E-state index < -0.39 is 11.8 Å².